The second-order valence-electron chi connectivity index (χ2n) is 5.08. The summed E-state index contributed by atoms with van der Waals surface area (Å²) in [5.74, 6) is 1.22. The molecule has 2 N–H and O–H groups in total. The van der Waals surface area contributed by atoms with Crippen LogP contribution in [-0.2, 0) is 6.54 Å². The molecule has 0 unspecified atom stereocenters. The predicted octanol–water partition coefficient (Wildman–Crippen LogP) is 1.10. The van der Waals surface area contributed by atoms with Gasteiger partial charge >= 0.3 is 0 Å². The Labute approximate surface area is 123 Å². The molecular weight excluding hydrogens is 268 g/mol. The van der Waals surface area contributed by atoms with Crippen molar-refractivity contribution in [3.05, 3.63) is 48.0 Å². The topological polar surface area (TPSA) is 75.6 Å². The number of hydrogen-bond donors (Lipinski definition) is 1. The maximum absolute atomic E-state index is 11.5. The minimum atomic E-state index is -0.434. The van der Waals surface area contributed by atoms with Crippen LogP contribution in [0.4, 0.5) is 5.82 Å². The maximum atomic E-state index is 11.5. The van der Waals surface area contributed by atoms with Gasteiger partial charge in [0.15, 0.2) is 0 Å². The molecule has 1 fully saturated rings. The molecule has 0 saturated carbocycles. The summed E-state index contributed by atoms with van der Waals surface area (Å²) in [7, 11) is 0. The Balaban J connectivity index is 1.64. The number of nitrogens with two attached hydrogens (primary N) is 1. The molecule has 1 aliphatic rings. The van der Waals surface area contributed by atoms with Crippen molar-refractivity contribution in [3.8, 4) is 0 Å². The highest BCUT2D eigenvalue weighted by atomic mass is 16.3. The number of furan rings is 1. The smallest absolute Gasteiger partial charge is 0.252 e. The number of carbonyl (C=O) groups is 1. The Morgan fingerprint density at radius 3 is 2.71 bits per heavy atom. The standard InChI is InChI=1S/C15H18N4O2/c16-14(20)13-4-1-5-17-15(13)19-8-6-18(7-9-19)11-12-3-2-10-21-12/h1-5,10H,6-9,11H2,(H2,16,20). The molecule has 110 valence electrons. The van der Waals surface area contributed by atoms with Crippen molar-refractivity contribution in [1.29, 1.82) is 0 Å². The zero-order valence-corrected chi connectivity index (χ0v) is 11.7. The van der Waals surface area contributed by atoms with E-state index in [1.54, 1.807) is 24.6 Å². The van der Waals surface area contributed by atoms with E-state index in [0.717, 1.165) is 38.5 Å². The summed E-state index contributed by atoms with van der Waals surface area (Å²) in [5, 5.41) is 0. The Morgan fingerprint density at radius 1 is 1.24 bits per heavy atom. The molecule has 6 nitrogen and oxygen atoms in total. The van der Waals surface area contributed by atoms with Crippen molar-refractivity contribution in [3.63, 3.8) is 0 Å². The molecule has 0 aromatic carbocycles. The summed E-state index contributed by atoms with van der Waals surface area (Å²) in [6.07, 6.45) is 3.38. The van der Waals surface area contributed by atoms with Gasteiger partial charge < -0.3 is 15.1 Å². The molecule has 0 bridgehead atoms. The van der Waals surface area contributed by atoms with E-state index in [-0.39, 0.29) is 0 Å². The van der Waals surface area contributed by atoms with Crippen molar-refractivity contribution >= 4 is 11.7 Å². The van der Waals surface area contributed by atoms with Crippen molar-refractivity contribution in [1.82, 2.24) is 9.88 Å². The molecule has 3 rings (SSSR count). The summed E-state index contributed by atoms with van der Waals surface area (Å²) >= 11 is 0. The molecule has 0 atom stereocenters. The number of hydrogen-bond acceptors (Lipinski definition) is 5. The fraction of sp³-hybridized carbons (Fsp3) is 0.333. The van der Waals surface area contributed by atoms with Crippen LogP contribution in [0.3, 0.4) is 0 Å². The van der Waals surface area contributed by atoms with E-state index >= 15 is 0 Å². The van der Waals surface area contributed by atoms with Crippen LogP contribution < -0.4 is 10.6 Å². The molecule has 1 amide bonds. The normalized spacial score (nSPS) is 16.1. The molecular formula is C15H18N4O2. The van der Waals surface area contributed by atoms with E-state index in [0.29, 0.717) is 11.4 Å². The number of nitrogens with zero attached hydrogens (tertiary/aromatic N) is 3. The molecule has 0 radical (unpaired) electrons. The first-order valence-electron chi connectivity index (χ1n) is 6.98. The Kier molecular flexibility index (Phi) is 3.87. The van der Waals surface area contributed by atoms with Gasteiger partial charge in [-0.05, 0) is 24.3 Å². The van der Waals surface area contributed by atoms with Crippen LogP contribution in [0.25, 0.3) is 0 Å². The van der Waals surface area contributed by atoms with Crippen LogP contribution in [0.5, 0.6) is 0 Å². The number of primary amides is 1. The Hall–Kier alpha value is -2.34. The lowest BCUT2D eigenvalue weighted by atomic mass is 10.2. The van der Waals surface area contributed by atoms with Crippen molar-refractivity contribution in [2.24, 2.45) is 5.73 Å². The van der Waals surface area contributed by atoms with E-state index < -0.39 is 5.91 Å². The number of amides is 1. The van der Waals surface area contributed by atoms with Gasteiger partial charge in [-0.1, -0.05) is 0 Å². The number of pyridine rings is 1. The summed E-state index contributed by atoms with van der Waals surface area (Å²) < 4.78 is 5.37. The molecule has 1 saturated heterocycles. The monoisotopic (exact) mass is 286 g/mol. The Morgan fingerprint density at radius 2 is 2.05 bits per heavy atom. The summed E-state index contributed by atoms with van der Waals surface area (Å²) in [6.45, 7) is 4.24. The van der Waals surface area contributed by atoms with Crippen molar-refractivity contribution in [2.45, 2.75) is 6.54 Å². The zero-order valence-electron chi connectivity index (χ0n) is 11.7. The molecule has 2 aromatic rings. The molecule has 2 aromatic heterocycles. The van der Waals surface area contributed by atoms with Gasteiger partial charge in [-0.2, -0.15) is 0 Å². The highest BCUT2D eigenvalue weighted by molar-refractivity contribution is 5.97. The maximum Gasteiger partial charge on any atom is 0.252 e. The third-order valence-electron chi connectivity index (χ3n) is 3.68. The first-order valence-corrected chi connectivity index (χ1v) is 6.98. The second-order valence-corrected chi connectivity index (χ2v) is 5.08. The van der Waals surface area contributed by atoms with E-state index in [4.69, 9.17) is 10.2 Å². The SMILES string of the molecule is NC(=O)c1cccnc1N1CCN(Cc2ccco2)CC1. The molecule has 3 heterocycles. The van der Waals surface area contributed by atoms with Gasteiger partial charge in [-0.25, -0.2) is 4.98 Å². The molecule has 6 heteroatoms. The largest absolute Gasteiger partial charge is 0.468 e. The van der Waals surface area contributed by atoms with Crippen LogP contribution in [-0.4, -0.2) is 42.0 Å². The van der Waals surface area contributed by atoms with E-state index in [9.17, 15) is 4.79 Å². The lowest BCUT2D eigenvalue weighted by Crippen LogP contribution is -2.46. The lowest BCUT2D eigenvalue weighted by molar-refractivity contribution is 0.1000. The number of carbonyl (C=O) groups excluding carboxylic acids is 1. The Bertz CT molecular complexity index is 604. The van der Waals surface area contributed by atoms with Crippen LogP contribution in [0.2, 0.25) is 0 Å². The predicted molar refractivity (Wildman–Crippen MR) is 79.0 cm³/mol. The minimum Gasteiger partial charge on any atom is -0.468 e. The van der Waals surface area contributed by atoms with Crippen LogP contribution in [0.1, 0.15) is 16.1 Å². The van der Waals surface area contributed by atoms with E-state index in [1.165, 1.54) is 0 Å². The van der Waals surface area contributed by atoms with Crippen molar-refractivity contribution < 1.29 is 9.21 Å². The molecule has 0 spiro atoms. The number of rotatable bonds is 4. The van der Waals surface area contributed by atoms with E-state index in [1.807, 2.05) is 12.1 Å². The molecule has 21 heavy (non-hydrogen) atoms. The fourth-order valence-electron chi connectivity index (χ4n) is 2.58. The van der Waals surface area contributed by atoms with Gasteiger partial charge in [0.1, 0.15) is 11.6 Å². The second kappa shape index (κ2) is 5.97. The van der Waals surface area contributed by atoms with Gasteiger partial charge in [0, 0.05) is 32.4 Å². The number of piperazine rings is 1. The highest BCUT2D eigenvalue weighted by Gasteiger charge is 2.22. The number of aromatic nitrogens is 1. The zero-order chi connectivity index (χ0) is 14.7. The quantitative estimate of drug-likeness (QED) is 0.910. The minimum absolute atomic E-state index is 0.434. The van der Waals surface area contributed by atoms with Crippen LogP contribution in [0.15, 0.2) is 41.1 Å². The van der Waals surface area contributed by atoms with Gasteiger partial charge in [-0.15, -0.1) is 0 Å². The van der Waals surface area contributed by atoms with Gasteiger partial charge in [-0.3, -0.25) is 9.69 Å². The van der Waals surface area contributed by atoms with Gasteiger partial charge in [0.05, 0.1) is 18.4 Å². The summed E-state index contributed by atoms with van der Waals surface area (Å²) in [5.41, 5.74) is 5.89. The van der Waals surface area contributed by atoms with Crippen molar-refractivity contribution in [2.75, 3.05) is 31.1 Å². The third-order valence-corrected chi connectivity index (χ3v) is 3.68. The summed E-state index contributed by atoms with van der Waals surface area (Å²) in [4.78, 5) is 20.2. The van der Waals surface area contributed by atoms with Gasteiger partial charge in [0.25, 0.3) is 5.91 Å². The van der Waals surface area contributed by atoms with Gasteiger partial charge in [0.2, 0.25) is 0 Å². The average Bonchev–Trinajstić information content (AvgIpc) is 3.01. The lowest BCUT2D eigenvalue weighted by Gasteiger charge is -2.35. The van der Waals surface area contributed by atoms with E-state index in [2.05, 4.69) is 14.8 Å². The fourth-order valence-corrected chi connectivity index (χ4v) is 2.58. The summed E-state index contributed by atoms with van der Waals surface area (Å²) in [6, 6.07) is 7.34. The van der Waals surface area contributed by atoms with Crippen LogP contribution in [0, 0.1) is 0 Å². The first kappa shape index (κ1) is 13.6. The third kappa shape index (κ3) is 3.05. The van der Waals surface area contributed by atoms with Crippen LogP contribution >= 0.6 is 0 Å². The molecule has 1 aliphatic heterocycles. The molecule has 0 aliphatic carbocycles. The average molecular weight is 286 g/mol. The first-order chi connectivity index (χ1) is 10.2. The highest BCUT2D eigenvalue weighted by Crippen LogP contribution is 2.19. The number of anilines is 1.